The lowest BCUT2D eigenvalue weighted by molar-refractivity contribution is 0.616. The maximum atomic E-state index is 3.51. The number of hydrogen-bond donors (Lipinski definition) is 2. The number of benzene rings is 9. The van der Waals surface area contributed by atoms with E-state index in [2.05, 4.69) is 246 Å². The monoisotopic (exact) mass is 779 g/mol. The molecule has 0 saturated heterocycles. The molecule has 0 radical (unpaired) electrons. The van der Waals surface area contributed by atoms with Gasteiger partial charge in [-0.25, -0.2) is 5.43 Å². The van der Waals surface area contributed by atoms with Crippen molar-refractivity contribution in [2.75, 3.05) is 4.90 Å². The van der Waals surface area contributed by atoms with Crippen molar-refractivity contribution in [2.45, 2.75) is 11.5 Å². The first-order valence-electron chi connectivity index (χ1n) is 21.1. The molecule has 0 aromatic heterocycles. The molecule has 2 heterocycles. The third-order valence-corrected chi connectivity index (χ3v) is 13.0. The molecule has 2 aliphatic heterocycles. The van der Waals surface area contributed by atoms with Crippen LogP contribution in [0.2, 0.25) is 0 Å². The van der Waals surface area contributed by atoms with Crippen molar-refractivity contribution in [1.29, 1.82) is 0 Å². The summed E-state index contributed by atoms with van der Waals surface area (Å²) in [5.74, 6) is 0. The van der Waals surface area contributed by atoms with Gasteiger partial charge in [0.25, 0.3) is 0 Å². The summed E-state index contributed by atoms with van der Waals surface area (Å²) >= 11 is 0. The van der Waals surface area contributed by atoms with Crippen LogP contribution in [0.3, 0.4) is 0 Å². The van der Waals surface area contributed by atoms with Crippen molar-refractivity contribution in [1.82, 2.24) is 10.9 Å². The zero-order chi connectivity index (χ0) is 40.3. The van der Waals surface area contributed by atoms with Crippen LogP contribution in [0.5, 0.6) is 0 Å². The summed E-state index contributed by atoms with van der Waals surface area (Å²) < 4.78 is 0. The quantitative estimate of drug-likeness (QED) is 0.176. The first kappa shape index (κ1) is 35.2. The van der Waals surface area contributed by atoms with E-state index in [0.29, 0.717) is 0 Å². The average Bonchev–Trinajstić information content (AvgIpc) is 3.95. The van der Waals surface area contributed by atoms with Gasteiger partial charge < -0.3 is 10.3 Å². The molecule has 1 unspecified atom stereocenters. The molecule has 9 aromatic rings. The van der Waals surface area contributed by atoms with E-state index in [0.717, 1.165) is 16.9 Å². The van der Waals surface area contributed by atoms with Gasteiger partial charge in [-0.3, -0.25) is 0 Å². The number of nitrogens with zero attached hydrogens (tertiary/aromatic N) is 1. The molecule has 1 aliphatic carbocycles. The standard InChI is InChI=1S/C58H41N3/c1-3-14-39(15-4-1)40-30-32-43(33-31-40)54-38-55(60-59-54)46-17-13-16-44(36-46)41-26-28-42(29-27-41)45-34-35-49-48-20-7-8-21-50(48)58(53(49)37-45)51-22-9-11-24-56(51)61(47-18-5-2-6-19-47)57-25-12-10-23-52(57)58/h1-38,55,59-60H. The summed E-state index contributed by atoms with van der Waals surface area (Å²) in [6.07, 6.45) is 2.28. The SMILES string of the molecule is C1=C(c2ccc(-c3ccccc3)cc2)NNC1c1cccc(-c2ccc(-c3ccc4c(c3)C3(c5ccccc5-4)c4ccccc4N(c4ccccc4)c4ccccc43)cc2)c1. The Kier molecular flexibility index (Phi) is 8.22. The van der Waals surface area contributed by atoms with Crippen molar-refractivity contribution >= 4 is 22.8 Å². The molecule has 0 saturated carbocycles. The first-order valence-corrected chi connectivity index (χ1v) is 21.1. The number of hydrogen-bond acceptors (Lipinski definition) is 3. The summed E-state index contributed by atoms with van der Waals surface area (Å²) in [6.45, 7) is 0. The summed E-state index contributed by atoms with van der Waals surface area (Å²) in [6, 6.07) is 82.3. The van der Waals surface area contributed by atoms with E-state index in [1.165, 1.54) is 83.7 Å². The van der Waals surface area contributed by atoms with Gasteiger partial charge in [-0.1, -0.05) is 188 Å². The van der Waals surface area contributed by atoms with Crippen molar-refractivity contribution in [2.24, 2.45) is 0 Å². The minimum atomic E-state index is -0.482. The molecular weight excluding hydrogens is 739 g/mol. The summed E-state index contributed by atoms with van der Waals surface area (Å²) in [7, 11) is 0. The van der Waals surface area contributed by atoms with E-state index >= 15 is 0 Å². The van der Waals surface area contributed by atoms with Gasteiger partial charge in [0.15, 0.2) is 0 Å². The highest BCUT2D eigenvalue weighted by Gasteiger charge is 2.51. The van der Waals surface area contributed by atoms with Gasteiger partial charge in [-0.15, -0.1) is 0 Å². The van der Waals surface area contributed by atoms with Crippen LogP contribution in [-0.4, -0.2) is 0 Å². The number of anilines is 3. The minimum absolute atomic E-state index is 0.0562. The van der Waals surface area contributed by atoms with E-state index in [4.69, 9.17) is 0 Å². The van der Waals surface area contributed by atoms with Gasteiger partial charge in [0.2, 0.25) is 0 Å². The van der Waals surface area contributed by atoms with Crippen LogP contribution in [0.4, 0.5) is 17.1 Å². The lowest BCUT2D eigenvalue weighted by Crippen LogP contribution is -2.36. The molecule has 0 bridgehead atoms. The van der Waals surface area contributed by atoms with Gasteiger partial charge in [0.05, 0.1) is 28.5 Å². The van der Waals surface area contributed by atoms with Gasteiger partial charge >= 0.3 is 0 Å². The summed E-state index contributed by atoms with van der Waals surface area (Å²) in [4.78, 5) is 2.44. The Bertz CT molecular complexity index is 3080. The number of rotatable bonds is 6. The molecule has 0 amide bonds. The summed E-state index contributed by atoms with van der Waals surface area (Å²) in [5.41, 5.74) is 28.6. The fraction of sp³-hybridized carbons (Fsp3) is 0.0345. The van der Waals surface area contributed by atoms with Crippen LogP contribution in [0, 0.1) is 0 Å². The molecule has 2 N–H and O–H groups in total. The van der Waals surface area contributed by atoms with Gasteiger partial charge in [-0.2, -0.15) is 0 Å². The highest BCUT2D eigenvalue weighted by atomic mass is 15.4. The third-order valence-electron chi connectivity index (χ3n) is 13.0. The zero-order valence-corrected chi connectivity index (χ0v) is 33.5. The Hall–Kier alpha value is -7.72. The molecule has 12 rings (SSSR count). The van der Waals surface area contributed by atoms with Crippen LogP contribution in [0.1, 0.15) is 39.4 Å². The smallest absolute Gasteiger partial charge is 0.0754 e. The second-order valence-electron chi connectivity index (χ2n) is 16.2. The molecule has 1 atom stereocenters. The maximum absolute atomic E-state index is 3.51. The van der Waals surface area contributed by atoms with Crippen LogP contribution >= 0.6 is 0 Å². The highest BCUT2D eigenvalue weighted by Crippen LogP contribution is 2.63. The summed E-state index contributed by atoms with van der Waals surface area (Å²) in [5, 5.41) is 0. The Morgan fingerprint density at radius 2 is 0.852 bits per heavy atom. The Morgan fingerprint density at radius 1 is 0.361 bits per heavy atom. The van der Waals surface area contributed by atoms with Crippen LogP contribution < -0.4 is 15.8 Å². The van der Waals surface area contributed by atoms with Crippen molar-refractivity contribution < 1.29 is 0 Å². The van der Waals surface area contributed by atoms with E-state index < -0.39 is 5.41 Å². The molecule has 288 valence electrons. The second-order valence-corrected chi connectivity index (χ2v) is 16.2. The van der Waals surface area contributed by atoms with Gasteiger partial charge in [0, 0.05) is 5.69 Å². The Morgan fingerprint density at radius 3 is 1.54 bits per heavy atom. The zero-order valence-electron chi connectivity index (χ0n) is 33.5. The van der Waals surface area contributed by atoms with Crippen molar-refractivity contribution in [3.8, 4) is 44.5 Å². The molecule has 1 spiro atoms. The molecule has 0 fully saturated rings. The van der Waals surface area contributed by atoms with Crippen LogP contribution in [0.15, 0.2) is 231 Å². The normalized spacial score (nSPS) is 15.3. The van der Waals surface area contributed by atoms with E-state index in [-0.39, 0.29) is 6.04 Å². The van der Waals surface area contributed by atoms with E-state index in [1.807, 2.05) is 0 Å². The fourth-order valence-electron chi connectivity index (χ4n) is 10.1. The highest BCUT2D eigenvalue weighted by molar-refractivity contribution is 5.96. The largest absolute Gasteiger partial charge is 0.320 e. The lowest BCUT2D eigenvalue weighted by atomic mass is 9.64. The number of para-hydroxylation sites is 3. The lowest BCUT2D eigenvalue weighted by Gasteiger charge is -2.45. The van der Waals surface area contributed by atoms with E-state index in [9.17, 15) is 0 Å². The second kappa shape index (κ2) is 14.2. The average molecular weight is 780 g/mol. The molecule has 61 heavy (non-hydrogen) atoms. The van der Waals surface area contributed by atoms with Crippen molar-refractivity contribution in [3.05, 3.63) is 264 Å². The predicted octanol–water partition coefficient (Wildman–Crippen LogP) is 14.0. The molecule has 3 nitrogen and oxygen atoms in total. The van der Waals surface area contributed by atoms with Gasteiger partial charge in [-0.05, 0) is 120 Å². The van der Waals surface area contributed by atoms with Crippen LogP contribution in [-0.2, 0) is 5.41 Å². The molecule has 3 aliphatic rings. The van der Waals surface area contributed by atoms with Crippen LogP contribution in [0.25, 0.3) is 50.2 Å². The topological polar surface area (TPSA) is 27.3 Å². The predicted molar refractivity (Wildman–Crippen MR) is 252 cm³/mol. The number of hydrazine groups is 1. The molecule has 3 heteroatoms. The van der Waals surface area contributed by atoms with E-state index in [1.54, 1.807) is 0 Å². The van der Waals surface area contributed by atoms with Crippen molar-refractivity contribution in [3.63, 3.8) is 0 Å². The van der Waals surface area contributed by atoms with Gasteiger partial charge in [0.1, 0.15) is 0 Å². The first-order chi connectivity index (χ1) is 30.2. The Labute approximate surface area is 356 Å². The molecular formula is C58H41N3. The Balaban J connectivity index is 0.888. The fourth-order valence-corrected chi connectivity index (χ4v) is 10.1. The minimum Gasteiger partial charge on any atom is -0.320 e. The number of nitrogens with one attached hydrogen (secondary N) is 2. The third kappa shape index (κ3) is 5.63. The maximum Gasteiger partial charge on any atom is 0.0754 e. The number of fused-ring (bicyclic) bond motifs is 9. The molecule has 9 aromatic carbocycles.